The van der Waals surface area contributed by atoms with Crippen molar-refractivity contribution in [2.75, 3.05) is 19.8 Å². The van der Waals surface area contributed by atoms with Crippen molar-refractivity contribution in [2.45, 2.75) is 51.5 Å². The predicted octanol–water partition coefficient (Wildman–Crippen LogP) is 2.83. The number of hydrogen-bond acceptors (Lipinski definition) is 2. The van der Waals surface area contributed by atoms with Gasteiger partial charge in [-0.25, -0.2) is 0 Å². The van der Waals surface area contributed by atoms with Crippen molar-refractivity contribution in [2.24, 2.45) is 23.7 Å². The van der Waals surface area contributed by atoms with Crippen molar-refractivity contribution in [1.82, 2.24) is 5.32 Å². The molecule has 0 amide bonds. The maximum Gasteiger partial charge on any atom is 0.0468 e. The predicted molar refractivity (Wildman–Crippen MR) is 69.9 cm³/mol. The summed E-state index contributed by atoms with van der Waals surface area (Å²) in [5.41, 5.74) is 0. The van der Waals surface area contributed by atoms with Crippen molar-refractivity contribution in [1.29, 1.82) is 0 Å². The van der Waals surface area contributed by atoms with Gasteiger partial charge in [0.1, 0.15) is 0 Å². The van der Waals surface area contributed by atoms with Crippen LogP contribution in [0.1, 0.15) is 45.4 Å². The van der Waals surface area contributed by atoms with Gasteiger partial charge in [0.2, 0.25) is 0 Å². The zero-order valence-corrected chi connectivity index (χ0v) is 11.2. The highest BCUT2D eigenvalue weighted by Crippen LogP contribution is 2.55. The second-order valence-electron chi connectivity index (χ2n) is 6.44. The maximum atomic E-state index is 5.47. The first-order valence-electron chi connectivity index (χ1n) is 7.68. The van der Waals surface area contributed by atoms with Crippen LogP contribution < -0.4 is 5.32 Å². The Balaban J connectivity index is 1.51. The molecule has 1 N–H and O–H groups in total. The van der Waals surface area contributed by atoms with Crippen molar-refractivity contribution in [3.63, 3.8) is 0 Å². The first kappa shape index (κ1) is 12.0. The molecule has 3 fully saturated rings. The molecule has 98 valence electrons. The van der Waals surface area contributed by atoms with E-state index in [2.05, 4.69) is 12.2 Å². The van der Waals surface area contributed by atoms with Crippen LogP contribution in [0.4, 0.5) is 0 Å². The molecule has 3 rings (SSSR count). The van der Waals surface area contributed by atoms with E-state index in [0.29, 0.717) is 0 Å². The molecule has 0 radical (unpaired) electrons. The summed E-state index contributed by atoms with van der Waals surface area (Å²) >= 11 is 0. The normalized spacial score (nSPS) is 39.0. The molecule has 0 spiro atoms. The molecule has 0 aromatic heterocycles. The number of nitrogens with one attached hydrogen (secondary N) is 1. The van der Waals surface area contributed by atoms with Gasteiger partial charge in [0.05, 0.1) is 0 Å². The average molecular weight is 237 g/mol. The Bertz CT molecular complexity index is 239. The first-order chi connectivity index (χ1) is 8.36. The van der Waals surface area contributed by atoms with E-state index in [-0.39, 0.29) is 0 Å². The standard InChI is InChI=1S/C15H27NO/c1-2-16-15(7-11-3-5-17-6-4-11)14-9-12-8-13(12)10-14/h11-16H,2-10H2,1H3. The molecule has 2 aliphatic carbocycles. The summed E-state index contributed by atoms with van der Waals surface area (Å²) < 4.78 is 5.47. The van der Waals surface area contributed by atoms with E-state index in [4.69, 9.17) is 4.74 Å². The highest BCUT2D eigenvalue weighted by Gasteiger charge is 2.47. The van der Waals surface area contributed by atoms with Crippen LogP contribution in [0.2, 0.25) is 0 Å². The van der Waals surface area contributed by atoms with Crippen molar-refractivity contribution >= 4 is 0 Å². The lowest BCUT2D eigenvalue weighted by molar-refractivity contribution is 0.0576. The second-order valence-corrected chi connectivity index (χ2v) is 6.44. The summed E-state index contributed by atoms with van der Waals surface area (Å²) in [5.74, 6) is 4.15. The third-order valence-corrected chi connectivity index (χ3v) is 5.24. The molecule has 1 heterocycles. The lowest BCUT2D eigenvalue weighted by Crippen LogP contribution is -2.38. The molecule has 0 bridgehead atoms. The fourth-order valence-electron chi connectivity index (χ4n) is 4.14. The van der Waals surface area contributed by atoms with Gasteiger partial charge >= 0.3 is 0 Å². The lowest BCUT2D eigenvalue weighted by atomic mass is 9.84. The Morgan fingerprint density at radius 1 is 1.12 bits per heavy atom. The third-order valence-electron chi connectivity index (χ3n) is 5.24. The van der Waals surface area contributed by atoms with Crippen LogP contribution in [0.3, 0.4) is 0 Å². The van der Waals surface area contributed by atoms with Gasteiger partial charge in [-0.2, -0.15) is 0 Å². The van der Waals surface area contributed by atoms with Gasteiger partial charge in [-0.05, 0) is 68.7 Å². The number of rotatable bonds is 5. The van der Waals surface area contributed by atoms with Gasteiger partial charge in [-0.3, -0.25) is 0 Å². The molecule has 1 saturated heterocycles. The van der Waals surface area contributed by atoms with E-state index in [1.165, 1.54) is 32.1 Å². The first-order valence-corrected chi connectivity index (χ1v) is 7.68. The van der Waals surface area contributed by atoms with Crippen LogP contribution >= 0.6 is 0 Å². The molecule has 3 aliphatic rings. The molecular weight excluding hydrogens is 210 g/mol. The van der Waals surface area contributed by atoms with E-state index in [1.54, 1.807) is 6.42 Å². The molecule has 2 nitrogen and oxygen atoms in total. The summed E-state index contributed by atoms with van der Waals surface area (Å²) in [4.78, 5) is 0. The molecule has 3 unspecified atom stereocenters. The van der Waals surface area contributed by atoms with Gasteiger partial charge < -0.3 is 10.1 Å². The topological polar surface area (TPSA) is 21.3 Å². The molecule has 17 heavy (non-hydrogen) atoms. The maximum absolute atomic E-state index is 5.47. The van der Waals surface area contributed by atoms with Crippen molar-refractivity contribution in [3.8, 4) is 0 Å². The summed E-state index contributed by atoms with van der Waals surface area (Å²) in [5, 5.41) is 3.77. The fourth-order valence-corrected chi connectivity index (χ4v) is 4.14. The smallest absolute Gasteiger partial charge is 0.0468 e. The van der Waals surface area contributed by atoms with Crippen LogP contribution in [0, 0.1) is 23.7 Å². The van der Waals surface area contributed by atoms with Crippen molar-refractivity contribution < 1.29 is 4.74 Å². The summed E-state index contributed by atoms with van der Waals surface area (Å²) in [6, 6.07) is 0.802. The van der Waals surface area contributed by atoms with Crippen LogP contribution in [0.15, 0.2) is 0 Å². The average Bonchev–Trinajstić information content (AvgIpc) is 2.97. The summed E-state index contributed by atoms with van der Waals surface area (Å²) in [6.07, 6.45) is 8.58. The number of fused-ring (bicyclic) bond motifs is 1. The zero-order valence-electron chi connectivity index (χ0n) is 11.2. The van der Waals surface area contributed by atoms with Crippen LogP contribution in [-0.4, -0.2) is 25.8 Å². The van der Waals surface area contributed by atoms with Gasteiger partial charge in [-0.15, -0.1) is 0 Å². The zero-order chi connectivity index (χ0) is 11.7. The molecule has 2 saturated carbocycles. The van der Waals surface area contributed by atoms with E-state index in [1.807, 2.05) is 0 Å². The minimum absolute atomic E-state index is 0.802. The van der Waals surface area contributed by atoms with Gasteiger partial charge in [0.25, 0.3) is 0 Å². The van der Waals surface area contributed by atoms with Crippen LogP contribution in [0.5, 0.6) is 0 Å². The quantitative estimate of drug-likeness (QED) is 0.794. The molecule has 2 heteroatoms. The molecule has 0 aromatic rings. The Labute approximate surface area is 105 Å². The van der Waals surface area contributed by atoms with Crippen LogP contribution in [-0.2, 0) is 4.74 Å². The van der Waals surface area contributed by atoms with Crippen molar-refractivity contribution in [3.05, 3.63) is 0 Å². The molecule has 1 aliphatic heterocycles. The highest BCUT2D eigenvalue weighted by molar-refractivity contribution is 4.99. The fraction of sp³-hybridized carbons (Fsp3) is 1.00. The Morgan fingerprint density at radius 2 is 1.82 bits per heavy atom. The van der Waals surface area contributed by atoms with Gasteiger partial charge in [-0.1, -0.05) is 6.92 Å². The number of ether oxygens (including phenoxy) is 1. The minimum Gasteiger partial charge on any atom is -0.381 e. The largest absolute Gasteiger partial charge is 0.381 e. The van der Waals surface area contributed by atoms with E-state index >= 15 is 0 Å². The third kappa shape index (κ3) is 2.85. The Hall–Kier alpha value is -0.0800. The number of hydrogen-bond donors (Lipinski definition) is 1. The monoisotopic (exact) mass is 237 g/mol. The molecule has 0 aromatic carbocycles. The molecular formula is C15H27NO. The summed E-state index contributed by atoms with van der Waals surface area (Å²) in [6.45, 7) is 5.39. The highest BCUT2D eigenvalue weighted by atomic mass is 16.5. The molecule has 3 atom stereocenters. The SMILES string of the molecule is CCNC(CC1CCOCC1)C1CC2CC2C1. The van der Waals surface area contributed by atoms with E-state index in [0.717, 1.165) is 49.5 Å². The van der Waals surface area contributed by atoms with E-state index in [9.17, 15) is 0 Å². The van der Waals surface area contributed by atoms with Gasteiger partial charge in [0.15, 0.2) is 0 Å². The summed E-state index contributed by atoms with van der Waals surface area (Å²) in [7, 11) is 0. The lowest BCUT2D eigenvalue weighted by Gasteiger charge is -2.31. The van der Waals surface area contributed by atoms with Crippen LogP contribution in [0.25, 0.3) is 0 Å². The second kappa shape index (κ2) is 5.27. The van der Waals surface area contributed by atoms with Gasteiger partial charge in [0, 0.05) is 19.3 Å². The Morgan fingerprint density at radius 3 is 2.47 bits per heavy atom. The van der Waals surface area contributed by atoms with E-state index < -0.39 is 0 Å². The minimum atomic E-state index is 0.802. The Kier molecular flexibility index (Phi) is 3.72.